The standard InChI is InChI=1S/C11H17BrN4/c1-2-11(4-3-5-11)6-14-10-8(12)9(13)15-7-16-10/h7H,2-6H2,1H3,(H3,13,14,15,16). The molecule has 0 bridgehead atoms. The molecule has 0 radical (unpaired) electrons. The van der Waals surface area contributed by atoms with E-state index in [4.69, 9.17) is 5.73 Å². The molecule has 0 saturated heterocycles. The minimum absolute atomic E-state index is 0.471. The van der Waals surface area contributed by atoms with Crippen LogP contribution in [0.2, 0.25) is 0 Å². The number of nitrogen functional groups attached to an aromatic ring is 1. The van der Waals surface area contributed by atoms with E-state index in [1.54, 1.807) is 0 Å². The Bertz CT molecular complexity index is 371. The van der Waals surface area contributed by atoms with Gasteiger partial charge in [-0.25, -0.2) is 9.97 Å². The summed E-state index contributed by atoms with van der Waals surface area (Å²) in [6.07, 6.45) is 6.69. The van der Waals surface area contributed by atoms with Crippen molar-refractivity contribution in [3.8, 4) is 0 Å². The quantitative estimate of drug-likeness (QED) is 0.893. The summed E-state index contributed by atoms with van der Waals surface area (Å²) >= 11 is 3.40. The van der Waals surface area contributed by atoms with E-state index < -0.39 is 0 Å². The Morgan fingerprint density at radius 3 is 2.81 bits per heavy atom. The number of anilines is 2. The highest BCUT2D eigenvalue weighted by Crippen LogP contribution is 2.43. The molecule has 5 heteroatoms. The lowest BCUT2D eigenvalue weighted by atomic mass is 9.67. The van der Waals surface area contributed by atoms with Gasteiger partial charge in [0.2, 0.25) is 0 Å². The van der Waals surface area contributed by atoms with Crippen molar-refractivity contribution in [1.82, 2.24) is 9.97 Å². The second-order valence-corrected chi connectivity index (χ2v) is 5.28. The smallest absolute Gasteiger partial charge is 0.145 e. The van der Waals surface area contributed by atoms with E-state index >= 15 is 0 Å². The third-order valence-electron chi connectivity index (χ3n) is 3.61. The second kappa shape index (κ2) is 4.57. The number of nitrogens with two attached hydrogens (primary N) is 1. The van der Waals surface area contributed by atoms with Gasteiger partial charge in [-0.1, -0.05) is 13.3 Å². The highest BCUT2D eigenvalue weighted by atomic mass is 79.9. The fourth-order valence-corrected chi connectivity index (χ4v) is 2.45. The molecule has 1 aliphatic rings. The fourth-order valence-electron chi connectivity index (χ4n) is 2.11. The summed E-state index contributed by atoms with van der Waals surface area (Å²) in [5, 5.41) is 3.37. The van der Waals surface area contributed by atoms with E-state index in [0.717, 1.165) is 16.8 Å². The number of aromatic nitrogens is 2. The lowest BCUT2D eigenvalue weighted by molar-refractivity contribution is 0.145. The zero-order valence-corrected chi connectivity index (χ0v) is 11.0. The van der Waals surface area contributed by atoms with Gasteiger partial charge in [0.05, 0.1) is 0 Å². The molecule has 16 heavy (non-hydrogen) atoms. The third-order valence-corrected chi connectivity index (χ3v) is 4.39. The molecule has 1 aromatic heterocycles. The number of hydrogen-bond acceptors (Lipinski definition) is 4. The number of rotatable bonds is 4. The van der Waals surface area contributed by atoms with Gasteiger partial charge in [-0.05, 0) is 40.6 Å². The number of hydrogen-bond donors (Lipinski definition) is 2. The Morgan fingerprint density at radius 2 is 2.25 bits per heavy atom. The van der Waals surface area contributed by atoms with Crippen LogP contribution in [0.5, 0.6) is 0 Å². The molecule has 0 atom stereocenters. The van der Waals surface area contributed by atoms with Crippen molar-refractivity contribution in [3.63, 3.8) is 0 Å². The first-order chi connectivity index (χ1) is 7.67. The lowest BCUT2D eigenvalue weighted by Crippen LogP contribution is -2.36. The average Bonchev–Trinajstić information content (AvgIpc) is 2.23. The second-order valence-electron chi connectivity index (χ2n) is 4.48. The molecular weight excluding hydrogens is 268 g/mol. The van der Waals surface area contributed by atoms with E-state index in [1.807, 2.05) is 0 Å². The molecule has 0 amide bonds. The molecule has 1 saturated carbocycles. The van der Waals surface area contributed by atoms with Crippen LogP contribution in [0, 0.1) is 5.41 Å². The Labute approximate surface area is 104 Å². The summed E-state index contributed by atoms with van der Waals surface area (Å²) in [6.45, 7) is 3.22. The Balaban J connectivity index is 2.02. The molecule has 88 valence electrons. The Morgan fingerprint density at radius 1 is 1.50 bits per heavy atom. The van der Waals surface area contributed by atoms with Crippen LogP contribution in [0.1, 0.15) is 32.6 Å². The topological polar surface area (TPSA) is 63.8 Å². The highest BCUT2D eigenvalue weighted by Gasteiger charge is 2.34. The van der Waals surface area contributed by atoms with Crippen LogP contribution in [-0.4, -0.2) is 16.5 Å². The first-order valence-corrected chi connectivity index (χ1v) is 6.46. The van der Waals surface area contributed by atoms with E-state index in [-0.39, 0.29) is 0 Å². The van der Waals surface area contributed by atoms with Crippen molar-refractivity contribution in [2.75, 3.05) is 17.6 Å². The minimum Gasteiger partial charge on any atom is -0.383 e. The summed E-state index contributed by atoms with van der Waals surface area (Å²) in [7, 11) is 0. The predicted octanol–water partition coefficient (Wildman–Crippen LogP) is 2.81. The number of nitrogens with one attached hydrogen (secondary N) is 1. The summed E-state index contributed by atoms with van der Waals surface area (Å²) in [5.74, 6) is 1.28. The van der Waals surface area contributed by atoms with Gasteiger partial charge in [0, 0.05) is 6.54 Å². The molecular formula is C11H17BrN4. The molecule has 0 aliphatic heterocycles. The molecule has 1 aromatic rings. The van der Waals surface area contributed by atoms with Crippen LogP contribution in [0.15, 0.2) is 10.8 Å². The third kappa shape index (κ3) is 2.14. The van der Waals surface area contributed by atoms with E-state index in [2.05, 4.69) is 38.1 Å². The Kier molecular flexibility index (Phi) is 3.33. The minimum atomic E-state index is 0.471. The molecule has 1 fully saturated rings. The van der Waals surface area contributed by atoms with E-state index in [1.165, 1.54) is 32.0 Å². The molecule has 1 aliphatic carbocycles. The van der Waals surface area contributed by atoms with Crippen LogP contribution >= 0.6 is 15.9 Å². The van der Waals surface area contributed by atoms with Gasteiger partial charge in [0.25, 0.3) is 0 Å². The monoisotopic (exact) mass is 284 g/mol. The molecule has 1 heterocycles. The van der Waals surface area contributed by atoms with Crippen LogP contribution in [-0.2, 0) is 0 Å². The van der Waals surface area contributed by atoms with Crippen LogP contribution in [0.3, 0.4) is 0 Å². The Hall–Kier alpha value is -0.840. The summed E-state index contributed by atoms with van der Waals surface area (Å²) < 4.78 is 0.764. The van der Waals surface area contributed by atoms with Crippen molar-refractivity contribution >= 4 is 27.6 Å². The van der Waals surface area contributed by atoms with Gasteiger partial charge < -0.3 is 11.1 Å². The molecule has 0 unspecified atom stereocenters. The average molecular weight is 285 g/mol. The van der Waals surface area contributed by atoms with E-state index in [9.17, 15) is 0 Å². The van der Waals surface area contributed by atoms with Gasteiger partial charge in [0.1, 0.15) is 22.4 Å². The summed E-state index contributed by atoms with van der Waals surface area (Å²) in [4.78, 5) is 8.10. The molecule has 0 spiro atoms. The first-order valence-electron chi connectivity index (χ1n) is 5.67. The van der Waals surface area contributed by atoms with Gasteiger partial charge in [0.15, 0.2) is 0 Å². The van der Waals surface area contributed by atoms with Crippen LogP contribution < -0.4 is 11.1 Å². The lowest BCUT2D eigenvalue weighted by Gasteiger charge is -2.41. The molecule has 4 nitrogen and oxygen atoms in total. The molecule has 3 N–H and O–H groups in total. The largest absolute Gasteiger partial charge is 0.383 e. The maximum Gasteiger partial charge on any atom is 0.145 e. The number of halogens is 1. The van der Waals surface area contributed by atoms with Gasteiger partial charge >= 0.3 is 0 Å². The molecule has 0 aromatic carbocycles. The van der Waals surface area contributed by atoms with Crippen molar-refractivity contribution in [2.24, 2.45) is 5.41 Å². The highest BCUT2D eigenvalue weighted by molar-refractivity contribution is 9.10. The van der Waals surface area contributed by atoms with E-state index in [0.29, 0.717) is 11.2 Å². The van der Waals surface area contributed by atoms with Crippen LogP contribution in [0.4, 0.5) is 11.6 Å². The summed E-state index contributed by atoms with van der Waals surface area (Å²) in [6, 6.07) is 0. The zero-order valence-electron chi connectivity index (χ0n) is 9.46. The van der Waals surface area contributed by atoms with Crippen molar-refractivity contribution < 1.29 is 0 Å². The van der Waals surface area contributed by atoms with Crippen molar-refractivity contribution in [2.45, 2.75) is 32.6 Å². The van der Waals surface area contributed by atoms with Crippen molar-refractivity contribution in [3.05, 3.63) is 10.8 Å². The SMILES string of the molecule is CCC1(CNc2ncnc(N)c2Br)CCC1. The van der Waals surface area contributed by atoms with Crippen molar-refractivity contribution in [1.29, 1.82) is 0 Å². The fraction of sp³-hybridized carbons (Fsp3) is 0.636. The molecule has 2 rings (SSSR count). The first kappa shape index (κ1) is 11.6. The van der Waals surface area contributed by atoms with Crippen LogP contribution in [0.25, 0.3) is 0 Å². The van der Waals surface area contributed by atoms with Gasteiger partial charge in [-0.3, -0.25) is 0 Å². The number of nitrogens with zero attached hydrogens (tertiary/aromatic N) is 2. The van der Waals surface area contributed by atoms with Gasteiger partial charge in [-0.15, -0.1) is 0 Å². The predicted molar refractivity (Wildman–Crippen MR) is 69.2 cm³/mol. The zero-order chi connectivity index (χ0) is 11.6. The summed E-state index contributed by atoms with van der Waals surface area (Å²) in [5.41, 5.74) is 6.17. The van der Waals surface area contributed by atoms with Gasteiger partial charge in [-0.2, -0.15) is 0 Å². The maximum absolute atomic E-state index is 5.70. The normalized spacial score (nSPS) is 17.9. The maximum atomic E-state index is 5.70.